The molecule has 0 unspecified atom stereocenters. The van der Waals surface area contributed by atoms with Crippen LogP contribution in [0.4, 0.5) is 0 Å². The van der Waals surface area contributed by atoms with Crippen LogP contribution < -0.4 is 7.58 Å². The minimum atomic E-state index is -2.13. The molecule has 0 aromatic heterocycles. The molecule has 0 aliphatic carbocycles. The normalized spacial score (nSPS) is 13.0. The molecule has 0 fully saturated rings. The van der Waals surface area contributed by atoms with E-state index in [4.69, 9.17) is 7.58 Å². The summed E-state index contributed by atoms with van der Waals surface area (Å²) in [6.45, 7) is 29.7. The lowest BCUT2D eigenvalue weighted by atomic mass is 9.79. The van der Waals surface area contributed by atoms with Crippen LogP contribution in [-0.4, -0.2) is 14.8 Å². The van der Waals surface area contributed by atoms with Crippen LogP contribution in [0.15, 0.2) is 36.4 Å². The molecule has 3 heteroatoms. The smallest absolute Gasteiger partial charge is 0.611 e. The highest BCUT2D eigenvalue weighted by molar-refractivity contribution is 6.46. The highest BCUT2D eigenvalue weighted by Gasteiger charge is 2.38. The first-order valence-corrected chi connectivity index (χ1v) is 16.2. The predicted molar refractivity (Wildman–Crippen MR) is 164 cm³/mol. The van der Waals surface area contributed by atoms with Gasteiger partial charge in [0.05, 0.1) is 11.5 Å². The first-order chi connectivity index (χ1) is 16.9. The molecule has 0 atom stereocenters. The Labute approximate surface area is 234 Å². The Bertz CT molecular complexity index is 868. The quantitative estimate of drug-likeness (QED) is 0.241. The third-order valence-electron chi connectivity index (χ3n) is 7.05. The maximum absolute atomic E-state index is 7.17. The summed E-state index contributed by atoms with van der Waals surface area (Å²) in [5.41, 5.74) is 5.03. The largest absolute Gasteiger partial charge is 0.856 e. The van der Waals surface area contributed by atoms with Crippen LogP contribution in [0.3, 0.4) is 0 Å². The van der Waals surface area contributed by atoms with Crippen LogP contribution in [0.25, 0.3) is 0 Å². The van der Waals surface area contributed by atoms with Gasteiger partial charge < -0.3 is 7.58 Å². The second-order valence-electron chi connectivity index (χ2n) is 14.9. The van der Waals surface area contributed by atoms with Crippen LogP contribution in [0.1, 0.15) is 138 Å². The summed E-state index contributed by atoms with van der Waals surface area (Å²) in [4.78, 5) is 0. The van der Waals surface area contributed by atoms with Crippen LogP contribution in [0, 0.1) is 0 Å². The summed E-state index contributed by atoms with van der Waals surface area (Å²) in [7, 11) is 0. The Hall–Kier alpha value is -1.43. The van der Waals surface area contributed by atoms with Gasteiger partial charge in [0.15, 0.2) is 0 Å². The van der Waals surface area contributed by atoms with E-state index >= 15 is 0 Å². The second kappa shape index (κ2) is 12.2. The van der Waals surface area contributed by atoms with E-state index in [1.807, 2.05) is 0 Å². The van der Waals surface area contributed by atoms with Gasteiger partial charge in [0.2, 0.25) is 0 Å². The maximum Gasteiger partial charge on any atom is 0.856 e. The first kappa shape index (κ1) is 31.8. The third-order valence-corrected chi connectivity index (χ3v) is 8.93. The van der Waals surface area contributed by atoms with Gasteiger partial charge in [-0.25, -0.2) is 0 Å². The van der Waals surface area contributed by atoms with E-state index in [1.54, 1.807) is 0 Å². The summed E-state index contributed by atoms with van der Waals surface area (Å²) in [5, 5.41) is 1.00. The van der Waals surface area contributed by atoms with Crippen molar-refractivity contribution in [2.45, 2.75) is 143 Å². The maximum atomic E-state index is 7.17. The lowest BCUT2D eigenvalue weighted by molar-refractivity contribution is 0.383. The average molecular weight is 523 g/mol. The summed E-state index contributed by atoms with van der Waals surface area (Å²) in [6.07, 6.45) is 4.87. The van der Waals surface area contributed by atoms with Gasteiger partial charge in [0, 0.05) is 0 Å². The van der Waals surface area contributed by atoms with Crippen molar-refractivity contribution in [3.63, 3.8) is 0 Å². The zero-order valence-electron chi connectivity index (χ0n) is 26.4. The molecule has 0 radical (unpaired) electrons. The molecule has 206 valence electrons. The van der Waals surface area contributed by atoms with Crippen LogP contribution in [0.2, 0.25) is 5.28 Å². The van der Waals surface area contributed by atoms with Crippen molar-refractivity contribution in [1.29, 1.82) is 0 Å². The third kappa shape index (κ3) is 8.80. The fourth-order valence-corrected chi connectivity index (χ4v) is 6.77. The summed E-state index contributed by atoms with van der Waals surface area (Å²) in [6, 6.07) is 13.4. The molecule has 0 saturated carbocycles. The molecular formula is C34H55AlO2. The summed E-state index contributed by atoms with van der Waals surface area (Å²) < 4.78 is 14.3. The fourth-order valence-electron chi connectivity index (χ4n) is 4.83. The van der Waals surface area contributed by atoms with Gasteiger partial charge in [-0.15, -0.1) is 0 Å². The topological polar surface area (TPSA) is 18.5 Å². The van der Waals surface area contributed by atoms with Gasteiger partial charge in [-0.1, -0.05) is 152 Å². The van der Waals surface area contributed by atoms with E-state index in [0.29, 0.717) is 0 Å². The number of para-hydroxylation sites is 2. The molecule has 2 aromatic rings. The monoisotopic (exact) mass is 522 g/mol. The molecule has 0 bridgehead atoms. The number of hydrogen-bond donors (Lipinski definition) is 0. The van der Waals surface area contributed by atoms with E-state index in [2.05, 4.69) is 126 Å². The molecule has 2 rings (SSSR count). The predicted octanol–water partition coefficient (Wildman–Crippen LogP) is 10.4. The molecule has 0 heterocycles. The minimum absolute atomic E-state index is 0.0162. The molecule has 2 aromatic carbocycles. The number of benzene rings is 2. The van der Waals surface area contributed by atoms with Gasteiger partial charge in [0.1, 0.15) is 0 Å². The van der Waals surface area contributed by atoms with Crippen molar-refractivity contribution >= 4 is 14.8 Å². The lowest BCUT2D eigenvalue weighted by Crippen LogP contribution is -2.34. The number of rotatable bonds is 9. The zero-order chi connectivity index (χ0) is 28.2. The standard InChI is InChI=1S/2C14H22O.C6H13.Al/c2*1-13(2,3)10-8-7-9-11(12(10)15)14(4,5)6;1-3-5-6-4-2;/h2*7-9,15H,1-6H3;1,3-6H2,2H3;/q;;;+2/p-2. The van der Waals surface area contributed by atoms with E-state index in [0.717, 1.165) is 23.2 Å². The van der Waals surface area contributed by atoms with E-state index in [9.17, 15) is 0 Å². The van der Waals surface area contributed by atoms with Gasteiger partial charge in [-0.05, 0) is 49.2 Å². The zero-order valence-corrected chi connectivity index (χ0v) is 27.5. The Balaban J connectivity index is 2.67. The Morgan fingerprint density at radius 2 is 0.838 bits per heavy atom. The Kier molecular flexibility index (Phi) is 10.5. The summed E-state index contributed by atoms with van der Waals surface area (Å²) >= 11 is -2.13. The molecule has 2 nitrogen and oxygen atoms in total. The highest BCUT2D eigenvalue weighted by atomic mass is 27.2. The number of hydrogen-bond acceptors (Lipinski definition) is 2. The van der Waals surface area contributed by atoms with E-state index in [-0.39, 0.29) is 21.7 Å². The van der Waals surface area contributed by atoms with Gasteiger partial charge in [0.25, 0.3) is 0 Å². The second-order valence-corrected chi connectivity index (χ2v) is 16.8. The van der Waals surface area contributed by atoms with Gasteiger partial charge in [-0.2, -0.15) is 0 Å². The molecule has 0 amide bonds. The molecule has 0 spiro atoms. The minimum Gasteiger partial charge on any atom is -0.611 e. The van der Waals surface area contributed by atoms with Crippen LogP contribution >= 0.6 is 0 Å². The van der Waals surface area contributed by atoms with Crippen molar-refractivity contribution in [2.24, 2.45) is 0 Å². The van der Waals surface area contributed by atoms with Crippen molar-refractivity contribution < 1.29 is 7.58 Å². The Morgan fingerprint density at radius 3 is 1.11 bits per heavy atom. The van der Waals surface area contributed by atoms with Crippen LogP contribution in [-0.2, 0) is 21.7 Å². The van der Waals surface area contributed by atoms with Crippen LogP contribution in [0.5, 0.6) is 11.5 Å². The average Bonchev–Trinajstić information content (AvgIpc) is 2.73. The van der Waals surface area contributed by atoms with Crippen molar-refractivity contribution in [3.05, 3.63) is 58.7 Å². The molecule has 0 aliphatic rings. The first-order valence-electron chi connectivity index (χ1n) is 14.5. The van der Waals surface area contributed by atoms with E-state index < -0.39 is 14.8 Å². The highest BCUT2D eigenvalue weighted by Crippen LogP contribution is 2.43. The number of unbranched alkanes of at least 4 members (excludes halogenated alkanes) is 3. The van der Waals surface area contributed by atoms with Gasteiger partial charge >= 0.3 is 14.8 Å². The van der Waals surface area contributed by atoms with Crippen molar-refractivity contribution in [1.82, 2.24) is 0 Å². The molecule has 0 N–H and O–H groups in total. The van der Waals surface area contributed by atoms with Crippen molar-refractivity contribution in [3.8, 4) is 11.5 Å². The molecular weight excluding hydrogens is 467 g/mol. The molecule has 0 aliphatic heterocycles. The van der Waals surface area contributed by atoms with E-state index in [1.165, 1.54) is 41.5 Å². The summed E-state index contributed by atoms with van der Waals surface area (Å²) in [5.74, 6) is 2.11. The Morgan fingerprint density at radius 1 is 0.514 bits per heavy atom. The SMILES string of the molecule is CCCCC[CH2][Al]([O]c1c(C(C)(C)C)cccc1C(C)(C)C)[O]c1c(C(C)(C)C)cccc1C(C)(C)C. The lowest BCUT2D eigenvalue weighted by Gasteiger charge is -2.34. The van der Waals surface area contributed by atoms with Gasteiger partial charge in [-0.3, -0.25) is 0 Å². The molecule has 37 heavy (non-hydrogen) atoms. The van der Waals surface area contributed by atoms with Crippen molar-refractivity contribution in [2.75, 3.05) is 0 Å². The molecule has 0 saturated heterocycles. The fraction of sp³-hybridized carbons (Fsp3) is 0.647.